The molecule has 102 valence electrons. The minimum atomic E-state index is -3.81. The summed E-state index contributed by atoms with van der Waals surface area (Å²) in [7, 11) is -3.81. The number of sulfonamides is 1. The van der Waals surface area contributed by atoms with Crippen LogP contribution < -0.4 is 10.5 Å². The fourth-order valence-electron chi connectivity index (χ4n) is 1.38. The highest BCUT2D eigenvalue weighted by Gasteiger charge is 2.18. The van der Waals surface area contributed by atoms with Crippen LogP contribution in [0.2, 0.25) is 5.02 Å². The summed E-state index contributed by atoms with van der Waals surface area (Å²) in [6.45, 7) is 0.259. The maximum absolute atomic E-state index is 13.5. The van der Waals surface area contributed by atoms with Crippen molar-refractivity contribution in [1.29, 1.82) is 0 Å². The lowest BCUT2D eigenvalue weighted by Gasteiger charge is -2.07. The first kappa shape index (κ1) is 14.3. The van der Waals surface area contributed by atoms with E-state index in [1.54, 1.807) is 6.07 Å². The molecule has 1 heterocycles. The monoisotopic (exact) mass is 320 g/mol. The largest absolute Gasteiger partial charge is 0.326 e. The van der Waals surface area contributed by atoms with Gasteiger partial charge in [0.2, 0.25) is 0 Å². The molecule has 8 heteroatoms. The van der Waals surface area contributed by atoms with Crippen LogP contribution in [-0.2, 0) is 16.6 Å². The third-order valence-corrected chi connectivity index (χ3v) is 5.48. The molecule has 0 unspecified atom stereocenters. The van der Waals surface area contributed by atoms with E-state index >= 15 is 0 Å². The number of hydrogen-bond donors (Lipinski definition) is 2. The lowest BCUT2D eigenvalue weighted by molar-refractivity contribution is 0.600. The Labute approximate surface area is 119 Å². The molecule has 0 saturated carbocycles. The van der Waals surface area contributed by atoms with Crippen LogP contribution in [0.1, 0.15) is 4.88 Å². The average Bonchev–Trinajstić information content (AvgIpc) is 2.82. The fourth-order valence-corrected chi connectivity index (χ4v) is 3.84. The van der Waals surface area contributed by atoms with E-state index in [1.807, 2.05) is 0 Å². The molecule has 0 radical (unpaired) electrons. The summed E-state index contributed by atoms with van der Waals surface area (Å²) in [4.78, 5) is 0.733. The summed E-state index contributed by atoms with van der Waals surface area (Å²) in [6, 6.07) is 6.77. The number of nitrogens with one attached hydrogen (secondary N) is 1. The molecular formula is C11H10ClFN2O2S2. The Morgan fingerprint density at radius 2 is 2.05 bits per heavy atom. The lowest BCUT2D eigenvalue weighted by atomic mass is 10.3. The molecule has 3 N–H and O–H groups in total. The van der Waals surface area contributed by atoms with Gasteiger partial charge in [-0.15, -0.1) is 11.3 Å². The zero-order chi connectivity index (χ0) is 14.0. The Kier molecular flexibility index (Phi) is 4.10. The summed E-state index contributed by atoms with van der Waals surface area (Å²) < 4.78 is 39.9. The van der Waals surface area contributed by atoms with E-state index in [0.717, 1.165) is 22.3 Å². The molecule has 0 aliphatic rings. The molecule has 2 aromatic rings. The summed E-state index contributed by atoms with van der Waals surface area (Å²) in [5.41, 5.74) is 5.27. The number of hydrogen-bond acceptors (Lipinski definition) is 4. The van der Waals surface area contributed by atoms with Gasteiger partial charge in [-0.2, -0.15) is 0 Å². The van der Waals surface area contributed by atoms with Gasteiger partial charge in [0.15, 0.2) is 0 Å². The van der Waals surface area contributed by atoms with Crippen LogP contribution >= 0.6 is 22.9 Å². The van der Waals surface area contributed by atoms with E-state index in [1.165, 1.54) is 18.2 Å². The van der Waals surface area contributed by atoms with Gasteiger partial charge >= 0.3 is 0 Å². The molecule has 0 atom stereocenters. The number of thiophene rings is 1. The lowest BCUT2D eigenvalue weighted by Crippen LogP contribution is -2.12. The van der Waals surface area contributed by atoms with E-state index in [4.69, 9.17) is 17.3 Å². The highest BCUT2D eigenvalue weighted by Crippen LogP contribution is 2.26. The van der Waals surface area contributed by atoms with Crippen molar-refractivity contribution < 1.29 is 12.8 Å². The first-order chi connectivity index (χ1) is 8.92. The quantitative estimate of drug-likeness (QED) is 0.910. The Balaban J connectivity index is 2.30. The average molecular weight is 321 g/mol. The Bertz CT molecular complexity index is 700. The Morgan fingerprint density at radius 3 is 2.63 bits per heavy atom. The van der Waals surface area contributed by atoms with Crippen molar-refractivity contribution in [3.8, 4) is 0 Å². The van der Waals surface area contributed by atoms with Gasteiger partial charge in [0.25, 0.3) is 10.0 Å². The van der Waals surface area contributed by atoms with Crippen molar-refractivity contribution in [2.24, 2.45) is 5.73 Å². The minimum absolute atomic E-state index is 0.0855. The molecular weight excluding hydrogens is 311 g/mol. The summed E-state index contributed by atoms with van der Waals surface area (Å²) in [5, 5.41) is 0.196. The molecule has 0 spiro atoms. The van der Waals surface area contributed by atoms with Crippen LogP contribution in [0.5, 0.6) is 0 Å². The van der Waals surface area contributed by atoms with Crippen molar-refractivity contribution in [2.75, 3.05) is 4.72 Å². The number of anilines is 1. The van der Waals surface area contributed by atoms with Gasteiger partial charge in [0.1, 0.15) is 10.0 Å². The summed E-state index contributed by atoms with van der Waals surface area (Å²) >= 11 is 6.64. The number of nitrogens with two attached hydrogens (primary N) is 1. The zero-order valence-electron chi connectivity index (χ0n) is 9.56. The molecule has 1 aromatic carbocycles. The second kappa shape index (κ2) is 5.46. The van der Waals surface area contributed by atoms with Gasteiger partial charge in [-0.25, -0.2) is 12.8 Å². The highest BCUT2D eigenvalue weighted by atomic mass is 35.5. The van der Waals surface area contributed by atoms with Crippen LogP contribution in [-0.4, -0.2) is 8.42 Å². The Morgan fingerprint density at radius 1 is 1.32 bits per heavy atom. The van der Waals surface area contributed by atoms with E-state index in [2.05, 4.69) is 4.72 Å². The second-order valence-corrected chi connectivity index (χ2v) is 7.17. The maximum atomic E-state index is 13.5. The maximum Gasteiger partial charge on any atom is 0.271 e. The first-order valence-corrected chi connectivity index (χ1v) is 7.87. The third kappa shape index (κ3) is 3.24. The molecule has 1 aromatic heterocycles. The first-order valence-electron chi connectivity index (χ1n) is 5.19. The predicted octanol–water partition coefficient (Wildman–Crippen LogP) is 2.80. The van der Waals surface area contributed by atoms with Crippen LogP contribution in [0.15, 0.2) is 34.5 Å². The fraction of sp³-hybridized carbons (Fsp3) is 0.0909. The highest BCUT2D eigenvalue weighted by molar-refractivity contribution is 7.94. The molecule has 0 bridgehead atoms. The molecule has 4 nitrogen and oxygen atoms in total. The van der Waals surface area contributed by atoms with Gasteiger partial charge in [-0.3, -0.25) is 4.72 Å². The van der Waals surface area contributed by atoms with Crippen molar-refractivity contribution in [1.82, 2.24) is 0 Å². The Hall–Kier alpha value is -1.15. The zero-order valence-corrected chi connectivity index (χ0v) is 11.9. The van der Waals surface area contributed by atoms with Gasteiger partial charge in [0, 0.05) is 16.4 Å². The molecule has 0 aliphatic carbocycles. The van der Waals surface area contributed by atoms with Gasteiger partial charge in [-0.05, 0) is 30.3 Å². The molecule has 0 amide bonds. The second-order valence-electron chi connectivity index (χ2n) is 3.65. The molecule has 0 aliphatic heterocycles. The van der Waals surface area contributed by atoms with E-state index in [-0.39, 0.29) is 21.5 Å². The van der Waals surface area contributed by atoms with Gasteiger partial charge in [-0.1, -0.05) is 11.6 Å². The van der Waals surface area contributed by atoms with Crippen LogP contribution in [0.4, 0.5) is 10.1 Å². The minimum Gasteiger partial charge on any atom is -0.326 e. The third-order valence-electron chi connectivity index (χ3n) is 2.28. The molecule has 0 saturated heterocycles. The molecule has 2 rings (SSSR count). The standard InChI is InChI=1S/C11H10ClFN2O2S2/c12-7-1-3-10(9(13)5-7)15-19(16,17)11-4-2-8(6-14)18-11/h1-5,15H,6,14H2. The van der Waals surface area contributed by atoms with Crippen molar-refractivity contribution >= 4 is 38.6 Å². The predicted molar refractivity (Wildman–Crippen MR) is 74.4 cm³/mol. The van der Waals surface area contributed by atoms with Gasteiger partial charge in [0.05, 0.1) is 5.69 Å². The SMILES string of the molecule is NCc1ccc(S(=O)(=O)Nc2ccc(Cl)cc2F)s1. The molecule has 19 heavy (non-hydrogen) atoms. The molecule has 0 fully saturated rings. The van der Waals surface area contributed by atoms with E-state index in [0.29, 0.717) is 0 Å². The summed E-state index contributed by atoms with van der Waals surface area (Å²) in [6.07, 6.45) is 0. The van der Waals surface area contributed by atoms with Crippen LogP contribution in [0, 0.1) is 5.82 Å². The van der Waals surface area contributed by atoms with Crippen molar-refractivity contribution in [2.45, 2.75) is 10.8 Å². The number of benzene rings is 1. The normalized spacial score (nSPS) is 11.5. The van der Waals surface area contributed by atoms with Crippen molar-refractivity contribution in [3.05, 3.63) is 46.0 Å². The topological polar surface area (TPSA) is 72.2 Å². The van der Waals surface area contributed by atoms with Crippen molar-refractivity contribution in [3.63, 3.8) is 0 Å². The van der Waals surface area contributed by atoms with E-state index in [9.17, 15) is 12.8 Å². The smallest absolute Gasteiger partial charge is 0.271 e. The van der Waals surface area contributed by atoms with Crippen LogP contribution in [0.3, 0.4) is 0 Å². The van der Waals surface area contributed by atoms with E-state index < -0.39 is 15.8 Å². The van der Waals surface area contributed by atoms with Crippen LogP contribution in [0.25, 0.3) is 0 Å². The number of halogens is 2. The summed E-state index contributed by atoms with van der Waals surface area (Å²) in [5.74, 6) is -0.730. The number of rotatable bonds is 4. The van der Waals surface area contributed by atoms with Gasteiger partial charge < -0.3 is 5.73 Å².